The van der Waals surface area contributed by atoms with Gasteiger partial charge < -0.3 is 15.4 Å². The van der Waals surface area contributed by atoms with Crippen LogP contribution >= 0.6 is 24.0 Å². The van der Waals surface area contributed by atoms with Gasteiger partial charge in [-0.15, -0.1) is 24.0 Å². The Labute approximate surface area is 138 Å². The number of aliphatic imine (C=N–C) groups is 1. The van der Waals surface area contributed by atoms with E-state index in [0.717, 1.165) is 36.6 Å². The van der Waals surface area contributed by atoms with Crippen LogP contribution in [0.15, 0.2) is 4.99 Å². The lowest BCUT2D eigenvalue weighted by Crippen LogP contribution is -2.37. The summed E-state index contributed by atoms with van der Waals surface area (Å²) in [5.41, 5.74) is 8.01. The lowest BCUT2D eigenvalue weighted by atomic mass is 10.2. The van der Waals surface area contributed by atoms with E-state index in [1.165, 1.54) is 0 Å². The molecule has 0 spiro atoms. The highest BCUT2D eigenvalue weighted by molar-refractivity contribution is 14.0. The molecule has 0 atom stereocenters. The first-order valence-corrected chi connectivity index (χ1v) is 6.72. The van der Waals surface area contributed by atoms with Crippen molar-refractivity contribution >= 4 is 29.9 Å². The molecule has 0 unspecified atom stereocenters. The molecule has 0 bridgehead atoms. The van der Waals surface area contributed by atoms with Gasteiger partial charge in [0.25, 0.3) is 0 Å². The molecule has 2 N–H and O–H groups in total. The fraction of sp³-hybridized carbons (Fsp3) is 0.692. The van der Waals surface area contributed by atoms with Crippen LogP contribution in [0.25, 0.3) is 0 Å². The van der Waals surface area contributed by atoms with Crippen molar-refractivity contribution in [2.75, 3.05) is 20.2 Å². The smallest absolute Gasteiger partial charge is 0.216 e. The van der Waals surface area contributed by atoms with E-state index >= 15 is 0 Å². The summed E-state index contributed by atoms with van der Waals surface area (Å²) < 4.78 is 7.13. The quantitative estimate of drug-likeness (QED) is 0.453. The van der Waals surface area contributed by atoms with Gasteiger partial charge in [-0.3, -0.25) is 0 Å². The van der Waals surface area contributed by atoms with Gasteiger partial charge in [0.2, 0.25) is 5.88 Å². The number of aryl methyl sites for hydroxylation is 2. The molecule has 0 aliphatic carbocycles. The number of nitrogens with two attached hydrogens (primary N) is 1. The number of guanidine groups is 1. The van der Waals surface area contributed by atoms with Crippen LogP contribution in [0.4, 0.5) is 0 Å². The van der Waals surface area contributed by atoms with Gasteiger partial charge in [-0.2, -0.15) is 5.10 Å². The molecule has 1 heterocycles. The number of methoxy groups -OCH3 is 1. The van der Waals surface area contributed by atoms with Gasteiger partial charge in [0, 0.05) is 20.1 Å². The molecule has 0 aliphatic heterocycles. The molecule has 1 rings (SSSR count). The van der Waals surface area contributed by atoms with E-state index in [0.29, 0.717) is 12.5 Å². The third-order valence-electron chi connectivity index (χ3n) is 3.19. The molecule has 6 nitrogen and oxygen atoms in total. The molecular weight excluding hydrogens is 369 g/mol. The summed E-state index contributed by atoms with van der Waals surface area (Å²) >= 11 is 0. The lowest BCUT2D eigenvalue weighted by molar-refractivity contribution is 0.369. The molecule has 0 fully saturated rings. The summed E-state index contributed by atoms with van der Waals surface area (Å²) in [5.74, 6) is 1.32. The SMILES string of the molecule is CCc1nn(C)c(OC)c1CN=C(N)N(CC)CC.I. The highest BCUT2D eigenvalue weighted by Gasteiger charge is 2.15. The van der Waals surface area contributed by atoms with Crippen LogP contribution in [-0.2, 0) is 20.0 Å². The summed E-state index contributed by atoms with van der Waals surface area (Å²) in [5, 5.41) is 4.43. The van der Waals surface area contributed by atoms with E-state index in [9.17, 15) is 0 Å². The zero-order valence-electron chi connectivity index (χ0n) is 13.0. The number of rotatable bonds is 6. The van der Waals surface area contributed by atoms with Gasteiger partial charge in [-0.1, -0.05) is 6.92 Å². The summed E-state index contributed by atoms with van der Waals surface area (Å²) in [6, 6.07) is 0. The summed E-state index contributed by atoms with van der Waals surface area (Å²) in [7, 11) is 3.52. The highest BCUT2D eigenvalue weighted by atomic mass is 127. The normalized spacial score (nSPS) is 11.2. The fourth-order valence-corrected chi connectivity index (χ4v) is 2.11. The summed E-state index contributed by atoms with van der Waals surface area (Å²) in [4.78, 5) is 6.48. The van der Waals surface area contributed by atoms with Crippen molar-refractivity contribution in [1.82, 2.24) is 14.7 Å². The topological polar surface area (TPSA) is 68.7 Å². The van der Waals surface area contributed by atoms with Gasteiger partial charge in [0.05, 0.1) is 24.9 Å². The van der Waals surface area contributed by atoms with Crippen molar-refractivity contribution in [2.45, 2.75) is 33.7 Å². The summed E-state index contributed by atoms with van der Waals surface area (Å²) in [6.45, 7) is 8.42. The van der Waals surface area contributed by atoms with Crippen molar-refractivity contribution in [3.05, 3.63) is 11.3 Å². The molecule has 1 aromatic heterocycles. The van der Waals surface area contributed by atoms with Gasteiger partial charge in [0.15, 0.2) is 5.96 Å². The van der Waals surface area contributed by atoms with Gasteiger partial charge in [-0.25, -0.2) is 9.67 Å². The Morgan fingerprint density at radius 1 is 1.35 bits per heavy atom. The van der Waals surface area contributed by atoms with Crippen molar-refractivity contribution in [3.8, 4) is 5.88 Å². The maximum absolute atomic E-state index is 5.98. The number of hydrogen-bond donors (Lipinski definition) is 1. The molecule has 0 saturated carbocycles. The number of halogens is 1. The van der Waals surface area contributed by atoms with E-state index in [1.54, 1.807) is 11.8 Å². The number of hydrogen-bond acceptors (Lipinski definition) is 3. The first-order chi connectivity index (χ1) is 9.08. The van der Waals surface area contributed by atoms with E-state index in [2.05, 4.69) is 30.9 Å². The van der Waals surface area contributed by atoms with Crippen molar-refractivity contribution in [3.63, 3.8) is 0 Å². The Morgan fingerprint density at radius 3 is 2.40 bits per heavy atom. The Kier molecular flexibility index (Phi) is 8.59. The number of aromatic nitrogens is 2. The monoisotopic (exact) mass is 395 g/mol. The minimum absolute atomic E-state index is 0. The van der Waals surface area contributed by atoms with E-state index in [-0.39, 0.29) is 24.0 Å². The van der Waals surface area contributed by atoms with Crippen LogP contribution in [0.3, 0.4) is 0 Å². The van der Waals surface area contributed by atoms with E-state index < -0.39 is 0 Å². The van der Waals surface area contributed by atoms with Gasteiger partial charge in [0.1, 0.15) is 0 Å². The van der Waals surface area contributed by atoms with Crippen LogP contribution in [0, 0.1) is 0 Å². The van der Waals surface area contributed by atoms with Gasteiger partial charge >= 0.3 is 0 Å². The number of nitrogens with zero attached hydrogens (tertiary/aromatic N) is 4. The molecule has 116 valence electrons. The standard InChI is InChI=1S/C13H25N5O.HI/c1-6-11-10(12(19-5)17(4)16-11)9-15-13(14)18(7-2)8-3;/h6-9H2,1-5H3,(H2,14,15);1H. The Bertz CT molecular complexity index is 440. The van der Waals surface area contributed by atoms with Crippen LogP contribution in [0.5, 0.6) is 5.88 Å². The fourth-order valence-electron chi connectivity index (χ4n) is 2.11. The van der Waals surface area contributed by atoms with Crippen LogP contribution in [0.2, 0.25) is 0 Å². The first kappa shape index (κ1) is 19.0. The molecule has 20 heavy (non-hydrogen) atoms. The molecule has 7 heteroatoms. The van der Waals surface area contributed by atoms with Crippen molar-refractivity contribution < 1.29 is 4.74 Å². The van der Waals surface area contributed by atoms with Crippen molar-refractivity contribution in [1.29, 1.82) is 0 Å². The lowest BCUT2D eigenvalue weighted by Gasteiger charge is -2.19. The van der Waals surface area contributed by atoms with Gasteiger partial charge in [-0.05, 0) is 20.3 Å². The number of ether oxygens (including phenoxy) is 1. The molecule has 0 aliphatic rings. The third-order valence-corrected chi connectivity index (χ3v) is 3.19. The first-order valence-electron chi connectivity index (χ1n) is 6.72. The minimum Gasteiger partial charge on any atom is -0.481 e. The van der Waals surface area contributed by atoms with Crippen LogP contribution < -0.4 is 10.5 Å². The second-order valence-electron chi connectivity index (χ2n) is 4.26. The maximum atomic E-state index is 5.98. The zero-order valence-corrected chi connectivity index (χ0v) is 15.3. The van der Waals surface area contributed by atoms with E-state index in [4.69, 9.17) is 10.5 Å². The molecule has 0 amide bonds. The molecule has 1 aromatic rings. The Balaban J connectivity index is 0.00000361. The maximum Gasteiger partial charge on any atom is 0.216 e. The molecular formula is C13H26IN5O. The molecule has 0 aromatic carbocycles. The van der Waals surface area contributed by atoms with E-state index in [1.807, 2.05) is 11.9 Å². The zero-order chi connectivity index (χ0) is 14.4. The van der Waals surface area contributed by atoms with Crippen LogP contribution in [0.1, 0.15) is 32.0 Å². The Morgan fingerprint density at radius 2 is 1.95 bits per heavy atom. The second-order valence-corrected chi connectivity index (χ2v) is 4.26. The second kappa shape index (κ2) is 9.04. The average Bonchev–Trinajstić information content (AvgIpc) is 2.73. The Hall–Kier alpha value is -0.990. The third kappa shape index (κ3) is 4.26. The van der Waals surface area contributed by atoms with Crippen molar-refractivity contribution in [2.24, 2.45) is 17.8 Å². The predicted molar refractivity (Wildman–Crippen MR) is 92.8 cm³/mol. The minimum atomic E-state index is 0. The summed E-state index contributed by atoms with van der Waals surface area (Å²) in [6.07, 6.45) is 0.854. The molecule has 0 radical (unpaired) electrons. The molecule has 0 saturated heterocycles. The highest BCUT2D eigenvalue weighted by Crippen LogP contribution is 2.22. The average molecular weight is 395 g/mol. The predicted octanol–water partition coefficient (Wildman–Crippen LogP) is 1.77. The van der Waals surface area contributed by atoms with Crippen LogP contribution in [-0.4, -0.2) is 40.8 Å². The largest absolute Gasteiger partial charge is 0.481 e.